The summed E-state index contributed by atoms with van der Waals surface area (Å²) in [5, 5.41) is 21.1. The van der Waals surface area contributed by atoms with Gasteiger partial charge < -0.3 is 15.4 Å². The molecule has 1 saturated carbocycles. The fourth-order valence-corrected chi connectivity index (χ4v) is 3.04. The van der Waals surface area contributed by atoms with Gasteiger partial charge in [-0.3, -0.25) is 9.59 Å². The van der Waals surface area contributed by atoms with Gasteiger partial charge in [0, 0.05) is 27.0 Å². The van der Waals surface area contributed by atoms with E-state index in [1.165, 1.54) is 0 Å². The van der Waals surface area contributed by atoms with E-state index in [1.807, 2.05) is 6.07 Å². The summed E-state index contributed by atoms with van der Waals surface area (Å²) >= 11 is 3.36. The first kappa shape index (κ1) is 17.4. The number of rotatable bonds is 4. The van der Waals surface area contributed by atoms with Crippen LogP contribution in [0.25, 0.3) is 10.9 Å². The summed E-state index contributed by atoms with van der Waals surface area (Å²) in [5.74, 6) is -0.574. The standard InChI is InChI=1S/C19H15BrN4O3/c20-12-5-8-15-14(9-12)16(19(27)22-15)23-24-18(26)11-3-6-13(7-4-11)21-17(25)10-1-2-10/h3-10,22,27H,1-2H2,(H,21,25). The van der Waals surface area contributed by atoms with Crippen molar-refractivity contribution >= 4 is 50.0 Å². The topological polar surface area (TPSA) is 107 Å². The minimum atomic E-state index is -0.543. The lowest BCUT2D eigenvalue weighted by Crippen LogP contribution is -2.13. The molecule has 8 heteroatoms. The number of nitrogens with one attached hydrogen (secondary N) is 2. The third-order valence-corrected chi connectivity index (χ3v) is 4.80. The van der Waals surface area contributed by atoms with E-state index in [2.05, 4.69) is 36.5 Å². The van der Waals surface area contributed by atoms with Gasteiger partial charge in [-0.05, 0) is 55.3 Å². The number of aromatic nitrogens is 1. The third-order valence-electron chi connectivity index (χ3n) is 4.30. The molecule has 136 valence electrons. The highest BCUT2D eigenvalue weighted by Gasteiger charge is 2.29. The van der Waals surface area contributed by atoms with Crippen molar-refractivity contribution in [2.45, 2.75) is 12.8 Å². The Labute approximate surface area is 162 Å². The molecule has 4 rings (SSSR count). The number of anilines is 1. The van der Waals surface area contributed by atoms with Gasteiger partial charge in [0.2, 0.25) is 11.8 Å². The third kappa shape index (κ3) is 3.75. The number of fused-ring (bicyclic) bond motifs is 1. The average Bonchev–Trinajstić information content (AvgIpc) is 3.45. The second kappa shape index (κ2) is 6.96. The lowest BCUT2D eigenvalue weighted by atomic mass is 10.2. The number of carbonyl (C=O) groups is 2. The highest BCUT2D eigenvalue weighted by molar-refractivity contribution is 9.10. The van der Waals surface area contributed by atoms with Gasteiger partial charge in [-0.2, -0.15) is 0 Å². The van der Waals surface area contributed by atoms with Crippen LogP contribution in [0.2, 0.25) is 0 Å². The molecule has 0 saturated heterocycles. The second-order valence-corrected chi connectivity index (χ2v) is 7.27. The summed E-state index contributed by atoms with van der Waals surface area (Å²) in [6, 6.07) is 11.9. The van der Waals surface area contributed by atoms with Crippen LogP contribution in [0.3, 0.4) is 0 Å². The lowest BCUT2D eigenvalue weighted by molar-refractivity contribution is -0.117. The zero-order valence-corrected chi connectivity index (χ0v) is 15.7. The fourth-order valence-electron chi connectivity index (χ4n) is 2.68. The van der Waals surface area contributed by atoms with Crippen LogP contribution in [-0.2, 0) is 4.79 Å². The Balaban J connectivity index is 1.51. The minimum Gasteiger partial charge on any atom is -0.493 e. The molecule has 3 N–H and O–H groups in total. The molecule has 2 aromatic carbocycles. The molecule has 27 heavy (non-hydrogen) atoms. The van der Waals surface area contributed by atoms with Crippen molar-refractivity contribution in [3.8, 4) is 5.88 Å². The van der Waals surface area contributed by atoms with Gasteiger partial charge in [0.15, 0.2) is 5.69 Å². The molecule has 1 aliphatic carbocycles. The molecule has 3 aromatic rings. The molecule has 1 aliphatic rings. The van der Waals surface area contributed by atoms with E-state index in [0.29, 0.717) is 22.2 Å². The Morgan fingerprint density at radius 3 is 2.59 bits per heavy atom. The van der Waals surface area contributed by atoms with Crippen LogP contribution in [0.1, 0.15) is 23.2 Å². The molecule has 7 nitrogen and oxygen atoms in total. The molecule has 2 amide bonds. The van der Waals surface area contributed by atoms with E-state index in [9.17, 15) is 14.7 Å². The summed E-state index contributed by atoms with van der Waals surface area (Å²) < 4.78 is 0.820. The van der Waals surface area contributed by atoms with Gasteiger partial charge in [-0.15, -0.1) is 10.2 Å². The molecule has 0 bridgehead atoms. The Morgan fingerprint density at radius 1 is 1.15 bits per heavy atom. The van der Waals surface area contributed by atoms with Crippen LogP contribution < -0.4 is 5.32 Å². The number of nitrogens with zero attached hydrogens (tertiary/aromatic N) is 2. The predicted molar refractivity (Wildman–Crippen MR) is 104 cm³/mol. The van der Waals surface area contributed by atoms with Crippen molar-refractivity contribution in [1.29, 1.82) is 0 Å². The molecule has 0 spiro atoms. The summed E-state index contributed by atoms with van der Waals surface area (Å²) in [7, 11) is 0. The van der Waals surface area contributed by atoms with Gasteiger partial charge in [0.05, 0.1) is 5.52 Å². The van der Waals surface area contributed by atoms with Gasteiger partial charge in [0.25, 0.3) is 5.91 Å². The number of halogens is 1. The molecule has 1 heterocycles. The van der Waals surface area contributed by atoms with Crippen LogP contribution in [-0.4, -0.2) is 21.9 Å². The van der Waals surface area contributed by atoms with Crippen molar-refractivity contribution in [1.82, 2.24) is 4.98 Å². The molecular formula is C19H15BrN4O3. The predicted octanol–water partition coefficient (Wildman–Crippen LogP) is 4.91. The summed E-state index contributed by atoms with van der Waals surface area (Å²) in [6.45, 7) is 0. The van der Waals surface area contributed by atoms with E-state index in [1.54, 1.807) is 36.4 Å². The van der Waals surface area contributed by atoms with Crippen LogP contribution in [0.15, 0.2) is 57.2 Å². The van der Waals surface area contributed by atoms with E-state index in [-0.39, 0.29) is 23.4 Å². The number of aromatic amines is 1. The van der Waals surface area contributed by atoms with Crippen LogP contribution >= 0.6 is 15.9 Å². The van der Waals surface area contributed by atoms with Crippen LogP contribution in [0.5, 0.6) is 5.88 Å². The van der Waals surface area contributed by atoms with Gasteiger partial charge in [-0.1, -0.05) is 15.9 Å². The lowest BCUT2D eigenvalue weighted by Gasteiger charge is -2.04. The van der Waals surface area contributed by atoms with Crippen molar-refractivity contribution in [3.05, 3.63) is 52.5 Å². The second-order valence-electron chi connectivity index (χ2n) is 6.36. The Kier molecular flexibility index (Phi) is 4.49. The van der Waals surface area contributed by atoms with Crippen molar-refractivity contribution in [2.24, 2.45) is 16.1 Å². The highest BCUT2D eigenvalue weighted by Crippen LogP contribution is 2.37. The number of azo groups is 1. The molecule has 0 radical (unpaired) electrons. The highest BCUT2D eigenvalue weighted by atomic mass is 79.9. The van der Waals surface area contributed by atoms with Crippen molar-refractivity contribution in [2.75, 3.05) is 5.32 Å². The summed E-state index contributed by atoms with van der Waals surface area (Å²) in [4.78, 5) is 26.8. The zero-order chi connectivity index (χ0) is 19.0. The number of carbonyl (C=O) groups excluding carboxylic acids is 2. The number of H-pyrrole nitrogens is 1. The summed E-state index contributed by atoms with van der Waals surface area (Å²) in [5.41, 5.74) is 1.86. The van der Waals surface area contributed by atoms with E-state index >= 15 is 0 Å². The largest absolute Gasteiger partial charge is 0.493 e. The normalized spacial score (nSPS) is 14.0. The van der Waals surface area contributed by atoms with E-state index < -0.39 is 5.91 Å². The Morgan fingerprint density at radius 2 is 1.89 bits per heavy atom. The van der Waals surface area contributed by atoms with E-state index in [0.717, 1.165) is 17.3 Å². The maximum atomic E-state index is 12.3. The molecule has 0 aliphatic heterocycles. The maximum Gasteiger partial charge on any atom is 0.295 e. The van der Waals surface area contributed by atoms with Crippen LogP contribution in [0.4, 0.5) is 11.4 Å². The average molecular weight is 427 g/mol. The molecule has 0 unspecified atom stereocenters. The smallest absolute Gasteiger partial charge is 0.295 e. The first-order valence-electron chi connectivity index (χ1n) is 8.38. The first-order valence-corrected chi connectivity index (χ1v) is 9.18. The number of benzene rings is 2. The number of aromatic hydroxyl groups is 1. The van der Waals surface area contributed by atoms with Gasteiger partial charge in [0.1, 0.15) is 0 Å². The summed E-state index contributed by atoms with van der Waals surface area (Å²) in [6.07, 6.45) is 1.86. The van der Waals surface area contributed by atoms with Crippen molar-refractivity contribution in [3.63, 3.8) is 0 Å². The first-order chi connectivity index (χ1) is 13.0. The fraction of sp³-hybridized carbons (Fsp3) is 0.158. The SMILES string of the molecule is O=C(N=Nc1c(O)[nH]c2ccc(Br)cc12)c1ccc(NC(=O)C2CC2)cc1. The number of hydrogen-bond acceptors (Lipinski definition) is 4. The quantitative estimate of drug-likeness (QED) is 0.515. The molecule has 1 aromatic heterocycles. The maximum absolute atomic E-state index is 12.3. The molecule has 0 atom stereocenters. The Hall–Kier alpha value is -3.00. The minimum absolute atomic E-state index is 0.00901. The van der Waals surface area contributed by atoms with Crippen molar-refractivity contribution < 1.29 is 14.7 Å². The van der Waals surface area contributed by atoms with Gasteiger partial charge in [-0.25, -0.2) is 0 Å². The molecular weight excluding hydrogens is 412 g/mol. The molecule has 1 fully saturated rings. The monoisotopic (exact) mass is 426 g/mol. The van der Waals surface area contributed by atoms with E-state index in [4.69, 9.17) is 0 Å². The number of hydrogen-bond donors (Lipinski definition) is 3. The van der Waals surface area contributed by atoms with Crippen LogP contribution in [0, 0.1) is 5.92 Å². The Bertz CT molecular complexity index is 1070. The van der Waals surface area contributed by atoms with Gasteiger partial charge >= 0.3 is 0 Å². The number of amides is 2. The zero-order valence-electron chi connectivity index (χ0n) is 14.1.